The van der Waals surface area contributed by atoms with E-state index in [4.69, 9.17) is 5.11 Å². The van der Waals surface area contributed by atoms with Crippen molar-refractivity contribution in [2.75, 3.05) is 0 Å². The van der Waals surface area contributed by atoms with Gasteiger partial charge in [-0.2, -0.15) is 0 Å². The molecule has 160 valence electrons. The molecule has 28 heavy (non-hydrogen) atoms. The Morgan fingerprint density at radius 3 is 2.39 bits per heavy atom. The molecule has 0 bridgehead atoms. The molecule has 10 atom stereocenters. The maximum absolute atomic E-state index is 11.1. The zero-order valence-corrected chi connectivity index (χ0v) is 19.0. The van der Waals surface area contributed by atoms with Gasteiger partial charge in [-0.15, -0.1) is 0 Å². The highest BCUT2D eigenvalue weighted by molar-refractivity contribution is 5.66. The number of carboxylic acids is 1. The number of hydrogen-bond donors (Lipinski definition) is 1. The van der Waals surface area contributed by atoms with E-state index in [0.29, 0.717) is 23.2 Å². The van der Waals surface area contributed by atoms with Crippen molar-refractivity contribution in [1.82, 2.24) is 0 Å². The van der Waals surface area contributed by atoms with E-state index in [2.05, 4.69) is 34.6 Å². The molecule has 1 N–H and O–H groups in total. The minimum atomic E-state index is -0.623. The summed E-state index contributed by atoms with van der Waals surface area (Å²) in [5.41, 5.74) is 1.05. The minimum Gasteiger partial charge on any atom is -0.481 e. The Bertz CT molecular complexity index is 599. The summed E-state index contributed by atoms with van der Waals surface area (Å²) in [4.78, 5) is 11.1. The van der Waals surface area contributed by atoms with Crippen LogP contribution in [0.4, 0.5) is 0 Å². The topological polar surface area (TPSA) is 37.3 Å². The Balaban J connectivity index is 1.55. The quantitative estimate of drug-likeness (QED) is 0.561. The molecule has 5 unspecified atom stereocenters. The summed E-state index contributed by atoms with van der Waals surface area (Å²) in [6.07, 6.45) is 12.6. The van der Waals surface area contributed by atoms with Crippen LogP contribution in [0, 0.1) is 58.2 Å². The molecule has 0 aliphatic heterocycles. The fourth-order valence-corrected chi connectivity index (χ4v) is 9.38. The summed E-state index contributed by atoms with van der Waals surface area (Å²) in [5, 5.41) is 9.15. The lowest BCUT2D eigenvalue weighted by Crippen LogP contribution is -2.56. The van der Waals surface area contributed by atoms with E-state index in [9.17, 15) is 4.79 Å². The van der Waals surface area contributed by atoms with E-state index in [1.165, 1.54) is 51.4 Å². The third-order valence-corrected chi connectivity index (χ3v) is 10.9. The van der Waals surface area contributed by atoms with Crippen LogP contribution in [-0.4, -0.2) is 11.1 Å². The summed E-state index contributed by atoms with van der Waals surface area (Å²) >= 11 is 0. The van der Waals surface area contributed by atoms with Crippen molar-refractivity contribution in [3.63, 3.8) is 0 Å². The molecule has 0 saturated heterocycles. The van der Waals surface area contributed by atoms with Crippen LogP contribution in [0.5, 0.6) is 0 Å². The third-order valence-electron chi connectivity index (χ3n) is 10.9. The van der Waals surface area contributed by atoms with E-state index in [1.54, 1.807) is 0 Å². The summed E-state index contributed by atoms with van der Waals surface area (Å²) in [6, 6.07) is 0. The van der Waals surface area contributed by atoms with Crippen molar-refractivity contribution in [1.29, 1.82) is 0 Å². The number of carboxylic acid groups (broad SMARTS) is 1. The highest BCUT2D eigenvalue weighted by atomic mass is 16.4. The second kappa shape index (κ2) is 7.31. The summed E-state index contributed by atoms with van der Waals surface area (Å²) in [6.45, 7) is 12.7. The van der Waals surface area contributed by atoms with Gasteiger partial charge in [-0.3, -0.25) is 4.79 Å². The number of carbonyl (C=O) groups is 1. The van der Waals surface area contributed by atoms with Gasteiger partial charge in [0, 0.05) is 6.42 Å². The van der Waals surface area contributed by atoms with Crippen molar-refractivity contribution in [2.45, 2.75) is 98.8 Å². The van der Waals surface area contributed by atoms with E-state index in [0.717, 1.165) is 47.8 Å². The summed E-state index contributed by atoms with van der Waals surface area (Å²) in [5.74, 6) is 6.20. The Morgan fingerprint density at radius 1 is 1.00 bits per heavy atom. The van der Waals surface area contributed by atoms with E-state index in [-0.39, 0.29) is 0 Å². The highest BCUT2D eigenvalue weighted by Crippen LogP contribution is 2.69. The molecule has 4 fully saturated rings. The van der Waals surface area contributed by atoms with Gasteiger partial charge < -0.3 is 5.11 Å². The molecule has 4 rings (SSSR count). The van der Waals surface area contributed by atoms with Gasteiger partial charge in [0.2, 0.25) is 0 Å². The summed E-state index contributed by atoms with van der Waals surface area (Å²) < 4.78 is 0. The van der Waals surface area contributed by atoms with E-state index in [1.807, 2.05) is 0 Å². The van der Waals surface area contributed by atoms with Crippen LogP contribution in [0.25, 0.3) is 0 Å². The van der Waals surface area contributed by atoms with Crippen LogP contribution in [-0.2, 0) is 4.79 Å². The predicted octanol–water partition coefficient (Wildman–Crippen LogP) is 7.03. The SMILES string of the molecule is CC1CC[C@]2(C)C3CC[C@@]4(C)C(CCC4[C@H](C)CCC(=O)O)[C@@H]3C(C)C[C@@H]2C1. The molecule has 0 aromatic heterocycles. The maximum Gasteiger partial charge on any atom is 0.303 e. The van der Waals surface area contributed by atoms with E-state index < -0.39 is 5.97 Å². The van der Waals surface area contributed by atoms with Crippen molar-refractivity contribution in [3.05, 3.63) is 0 Å². The van der Waals surface area contributed by atoms with Crippen LogP contribution >= 0.6 is 0 Å². The molecule has 0 spiro atoms. The highest BCUT2D eigenvalue weighted by Gasteiger charge is 2.61. The first-order valence-corrected chi connectivity index (χ1v) is 12.4. The maximum atomic E-state index is 11.1. The van der Waals surface area contributed by atoms with Crippen molar-refractivity contribution < 1.29 is 9.90 Å². The monoisotopic (exact) mass is 388 g/mol. The summed E-state index contributed by atoms with van der Waals surface area (Å²) in [7, 11) is 0. The predicted molar refractivity (Wildman–Crippen MR) is 115 cm³/mol. The molecule has 2 nitrogen and oxygen atoms in total. The fourth-order valence-electron chi connectivity index (χ4n) is 9.38. The fraction of sp³-hybridized carbons (Fsp3) is 0.962. The first-order chi connectivity index (χ1) is 13.2. The normalized spacial score (nSPS) is 51.7. The van der Waals surface area contributed by atoms with Gasteiger partial charge >= 0.3 is 5.97 Å². The first kappa shape index (κ1) is 20.7. The van der Waals surface area contributed by atoms with Gasteiger partial charge in [-0.05, 0) is 110 Å². The second-order valence-corrected chi connectivity index (χ2v) is 12.2. The number of rotatable bonds is 4. The molecule has 0 radical (unpaired) electrons. The van der Waals surface area contributed by atoms with Gasteiger partial charge in [0.1, 0.15) is 0 Å². The lowest BCUT2D eigenvalue weighted by molar-refractivity contribution is -0.143. The third kappa shape index (κ3) is 3.16. The first-order valence-electron chi connectivity index (χ1n) is 12.4. The lowest BCUT2D eigenvalue weighted by Gasteiger charge is -2.63. The van der Waals surface area contributed by atoms with Gasteiger partial charge in [-0.1, -0.05) is 41.0 Å². The van der Waals surface area contributed by atoms with Crippen LogP contribution in [0.15, 0.2) is 0 Å². The largest absolute Gasteiger partial charge is 0.481 e. The van der Waals surface area contributed by atoms with Crippen LogP contribution in [0.2, 0.25) is 0 Å². The second-order valence-electron chi connectivity index (χ2n) is 12.2. The molecule has 0 aromatic carbocycles. The molecule has 4 aliphatic carbocycles. The van der Waals surface area contributed by atoms with Crippen molar-refractivity contribution in [2.24, 2.45) is 58.2 Å². The van der Waals surface area contributed by atoms with E-state index >= 15 is 0 Å². The molecular formula is C26H44O2. The molecule has 2 heteroatoms. The van der Waals surface area contributed by atoms with Crippen LogP contribution in [0.3, 0.4) is 0 Å². The van der Waals surface area contributed by atoms with Crippen LogP contribution < -0.4 is 0 Å². The van der Waals surface area contributed by atoms with Crippen molar-refractivity contribution >= 4 is 5.97 Å². The molecule has 4 aliphatic rings. The Hall–Kier alpha value is -0.530. The average Bonchev–Trinajstić information content (AvgIpc) is 2.98. The Kier molecular flexibility index (Phi) is 5.41. The van der Waals surface area contributed by atoms with Gasteiger partial charge in [-0.25, -0.2) is 0 Å². The number of aliphatic carboxylic acids is 1. The smallest absolute Gasteiger partial charge is 0.303 e. The average molecular weight is 389 g/mol. The molecule has 0 heterocycles. The Labute approximate surface area is 173 Å². The van der Waals surface area contributed by atoms with Gasteiger partial charge in [0.15, 0.2) is 0 Å². The number of hydrogen-bond acceptors (Lipinski definition) is 1. The van der Waals surface area contributed by atoms with Gasteiger partial charge in [0.25, 0.3) is 0 Å². The standard InChI is InChI=1S/C26H44O2/c1-16-10-12-25(4)19(14-16)15-18(3)24-21-8-7-20(17(2)6-9-23(27)28)26(21,5)13-11-22(24)25/h16-22,24H,6-15H2,1-5H3,(H,27,28)/t16?,17-,18?,19+,20?,21?,22?,24+,25+,26-/m1/s1. The Morgan fingerprint density at radius 2 is 1.68 bits per heavy atom. The number of fused-ring (bicyclic) bond motifs is 5. The van der Waals surface area contributed by atoms with Crippen molar-refractivity contribution in [3.8, 4) is 0 Å². The molecular weight excluding hydrogens is 344 g/mol. The lowest BCUT2D eigenvalue weighted by atomic mass is 9.42. The zero-order valence-electron chi connectivity index (χ0n) is 19.0. The molecule has 4 saturated carbocycles. The van der Waals surface area contributed by atoms with Gasteiger partial charge in [0.05, 0.1) is 0 Å². The minimum absolute atomic E-state index is 0.346. The zero-order chi connectivity index (χ0) is 20.3. The molecule has 0 aromatic rings. The van der Waals surface area contributed by atoms with Crippen LogP contribution in [0.1, 0.15) is 98.8 Å². The molecule has 0 amide bonds.